The highest BCUT2D eigenvalue weighted by Gasteiger charge is 2.62. The number of nitrogens with zero attached hydrogens (tertiary/aromatic N) is 4. The molecule has 0 unspecified atom stereocenters. The van der Waals surface area contributed by atoms with Crippen molar-refractivity contribution in [1.29, 1.82) is 0 Å². The molecule has 0 bridgehead atoms. The van der Waals surface area contributed by atoms with Crippen LogP contribution in [-0.4, -0.2) is 87.4 Å². The molecule has 4 heterocycles. The highest BCUT2D eigenvalue weighted by molar-refractivity contribution is 7.91. The van der Waals surface area contributed by atoms with E-state index >= 15 is 0 Å². The van der Waals surface area contributed by atoms with Crippen molar-refractivity contribution in [2.24, 2.45) is 5.92 Å². The minimum absolute atomic E-state index is 0.00491. The average Bonchev–Trinajstić information content (AvgIpc) is 4.11. The summed E-state index contributed by atoms with van der Waals surface area (Å²) in [5, 5.41) is 7.79. The van der Waals surface area contributed by atoms with E-state index in [1.54, 1.807) is 6.92 Å². The molecule has 286 valence electrons. The Morgan fingerprint density at radius 3 is 2.47 bits per heavy atom. The van der Waals surface area contributed by atoms with Gasteiger partial charge in [0.1, 0.15) is 29.4 Å². The molecule has 2 aromatic carbocycles. The van der Waals surface area contributed by atoms with E-state index in [9.17, 15) is 27.6 Å². The van der Waals surface area contributed by atoms with Gasteiger partial charge < -0.3 is 20.3 Å². The summed E-state index contributed by atoms with van der Waals surface area (Å²) >= 11 is 0. The summed E-state index contributed by atoms with van der Waals surface area (Å²) in [5.74, 6) is -2.52. The molecular weight excluding hydrogens is 723 g/mol. The maximum Gasteiger partial charge on any atom is 0.272 e. The molecule has 14 nitrogen and oxygen atoms in total. The second kappa shape index (κ2) is 14.7. The minimum Gasteiger partial charge on any atom is -0.472 e. The summed E-state index contributed by atoms with van der Waals surface area (Å²) in [6.45, 7) is 1.75. The summed E-state index contributed by atoms with van der Waals surface area (Å²) in [6.07, 6.45) is 10.4. The zero-order valence-corrected chi connectivity index (χ0v) is 31.3. The lowest BCUT2D eigenvalue weighted by Gasteiger charge is -2.29. The Morgan fingerprint density at radius 1 is 0.945 bits per heavy atom. The predicted molar refractivity (Wildman–Crippen MR) is 203 cm³/mol. The van der Waals surface area contributed by atoms with E-state index < -0.39 is 68.5 Å². The Morgan fingerprint density at radius 2 is 1.71 bits per heavy atom. The van der Waals surface area contributed by atoms with Crippen LogP contribution in [-0.2, 0) is 24.4 Å². The molecule has 0 radical (unpaired) electrons. The number of sulfonamides is 1. The van der Waals surface area contributed by atoms with Gasteiger partial charge in [-0.3, -0.25) is 28.9 Å². The first-order valence-electron chi connectivity index (χ1n) is 18.9. The van der Waals surface area contributed by atoms with Crippen molar-refractivity contribution in [2.75, 3.05) is 6.54 Å². The number of ether oxygens (including phenoxy) is 1. The Balaban J connectivity index is 1.12. The van der Waals surface area contributed by atoms with Gasteiger partial charge in [-0.05, 0) is 63.0 Å². The van der Waals surface area contributed by atoms with Crippen LogP contribution in [0.4, 0.5) is 0 Å². The summed E-state index contributed by atoms with van der Waals surface area (Å²) in [6, 6.07) is 13.3. The highest BCUT2D eigenvalue weighted by Crippen LogP contribution is 2.46. The molecule has 15 heteroatoms. The molecule has 4 amide bonds. The van der Waals surface area contributed by atoms with Crippen molar-refractivity contribution < 1.29 is 32.3 Å². The van der Waals surface area contributed by atoms with Crippen LogP contribution in [0.25, 0.3) is 21.7 Å². The second-order valence-corrected chi connectivity index (χ2v) is 17.0. The van der Waals surface area contributed by atoms with Gasteiger partial charge in [0.25, 0.3) is 11.8 Å². The molecule has 5 atom stereocenters. The molecule has 0 spiro atoms. The van der Waals surface area contributed by atoms with Gasteiger partial charge in [0.2, 0.25) is 27.7 Å². The number of pyridine rings is 1. The third-order valence-electron chi connectivity index (χ3n) is 11.0. The topological polar surface area (TPSA) is 190 Å². The number of benzene rings is 2. The number of carbonyl (C=O) groups excluding carboxylic acids is 4. The van der Waals surface area contributed by atoms with Crippen LogP contribution in [0.15, 0.2) is 73.1 Å². The number of rotatable bonds is 7. The molecule has 3 fully saturated rings. The van der Waals surface area contributed by atoms with Gasteiger partial charge in [-0.25, -0.2) is 18.4 Å². The van der Waals surface area contributed by atoms with Crippen LogP contribution in [0.5, 0.6) is 5.88 Å². The Hall–Kier alpha value is -5.44. The third-order valence-corrected chi connectivity index (χ3v) is 12.8. The van der Waals surface area contributed by atoms with Gasteiger partial charge >= 0.3 is 0 Å². The third kappa shape index (κ3) is 7.49. The number of hydrogen-bond acceptors (Lipinski definition) is 10. The number of aryl methyl sites for hydroxylation is 1. The van der Waals surface area contributed by atoms with Crippen molar-refractivity contribution in [3.05, 3.63) is 84.5 Å². The number of allylic oxidation sites excluding steroid dienone is 1. The molecule has 2 aromatic heterocycles. The maximum atomic E-state index is 14.6. The lowest BCUT2D eigenvalue weighted by atomic mass is 10.0. The van der Waals surface area contributed by atoms with Crippen molar-refractivity contribution in [3.8, 4) is 5.88 Å². The molecule has 1 saturated heterocycles. The number of carbonyl (C=O) groups is 4. The van der Waals surface area contributed by atoms with Crippen molar-refractivity contribution in [3.63, 3.8) is 0 Å². The minimum atomic E-state index is -3.89. The summed E-state index contributed by atoms with van der Waals surface area (Å²) in [7, 11) is -3.89. The standard InChI is InChI=1S/C40H43N7O7S/c1-24-21-42-33(22-41-24)35(48)43-32-16-6-4-2-3-5-11-25-20-40(25,39(51)46-55(52,53)27-17-18-27)45-36(49)34-19-26(23-47(34)38(32)50)54-37-30-14-8-7-12-28(30)29-13-9-10-15-31(29)44-37/h5,7-15,21-22,25-27,32,34H,2-4,6,16-20,23H2,1H3,(H,43,48)(H,45,49)(H,46,51)/t25-,26+,32-,34-,40+/m0/s1. The summed E-state index contributed by atoms with van der Waals surface area (Å²) in [4.78, 5) is 70.9. The largest absolute Gasteiger partial charge is 0.472 e. The Bertz CT molecular complexity index is 2310. The molecule has 2 aliphatic carbocycles. The molecule has 55 heavy (non-hydrogen) atoms. The van der Waals surface area contributed by atoms with Gasteiger partial charge in [-0.1, -0.05) is 61.4 Å². The van der Waals surface area contributed by atoms with E-state index in [1.807, 2.05) is 60.7 Å². The highest BCUT2D eigenvalue weighted by atomic mass is 32.2. The smallest absolute Gasteiger partial charge is 0.272 e. The van der Waals surface area contributed by atoms with Crippen molar-refractivity contribution in [2.45, 2.75) is 93.7 Å². The molecular formula is C40H43N7O7S. The fraction of sp³-hybridized carbons (Fsp3) is 0.425. The van der Waals surface area contributed by atoms with Gasteiger partial charge in [-0.2, -0.15) is 0 Å². The van der Waals surface area contributed by atoms with Crippen LogP contribution >= 0.6 is 0 Å². The molecule has 3 N–H and O–H groups in total. The first kappa shape index (κ1) is 36.5. The predicted octanol–water partition coefficient (Wildman–Crippen LogP) is 3.64. The van der Waals surface area contributed by atoms with Crippen molar-refractivity contribution in [1.82, 2.24) is 35.2 Å². The number of aromatic nitrogens is 3. The fourth-order valence-corrected chi connectivity index (χ4v) is 9.07. The fourth-order valence-electron chi connectivity index (χ4n) is 7.71. The zero-order valence-electron chi connectivity index (χ0n) is 30.4. The number of amides is 4. The monoisotopic (exact) mass is 765 g/mol. The SMILES string of the molecule is Cc1cnc(C(=O)N[C@H]2CCCCCC=C[C@H]3C[C@@]3(C(=O)NS(=O)(=O)C3CC3)NC(=O)[C@@H]3C[C@@H](Oc4nc5ccccc5c5ccccc45)CN3C2=O)cn1. The summed E-state index contributed by atoms with van der Waals surface area (Å²) in [5.41, 5.74) is -0.0889. The first-order valence-corrected chi connectivity index (χ1v) is 20.5. The van der Waals surface area contributed by atoms with Crippen LogP contribution in [0, 0.1) is 12.8 Å². The van der Waals surface area contributed by atoms with E-state index in [0.29, 0.717) is 43.7 Å². The normalized spacial score (nSPS) is 25.9. The van der Waals surface area contributed by atoms with Gasteiger partial charge in [0.15, 0.2) is 0 Å². The van der Waals surface area contributed by atoms with E-state index in [1.165, 1.54) is 17.3 Å². The van der Waals surface area contributed by atoms with E-state index in [2.05, 4.69) is 25.3 Å². The molecule has 2 saturated carbocycles. The van der Waals surface area contributed by atoms with Crippen LogP contribution in [0.2, 0.25) is 0 Å². The van der Waals surface area contributed by atoms with Gasteiger partial charge in [0, 0.05) is 29.3 Å². The average molecular weight is 766 g/mol. The Labute approximate surface area is 318 Å². The number of fused-ring (bicyclic) bond motifs is 5. The zero-order chi connectivity index (χ0) is 38.3. The lowest BCUT2D eigenvalue weighted by Crippen LogP contribution is -2.58. The molecule has 4 aromatic rings. The number of hydrogen-bond donors (Lipinski definition) is 3. The molecule has 2 aliphatic heterocycles. The lowest BCUT2D eigenvalue weighted by molar-refractivity contribution is -0.141. The quantitative estimate of drug-likeness (QED) is 0.185. The summed E-state index contributed by atoms with van der Waals surface area (Å²) < 4.78 is 34.6. The van der Waals surface area contributed by atoms with E-state index in [-0.39, 0.29) is 25.1 Å². The first-order chi connectivity index (χ1) is 26.5. The van der Waals surface area contributed by atoms with Crippen LogP contribution in [0.3, 0.4) is 0 Å². The number of para-hydroxylation sites is 1. The van der Waals surface area contributed by atoms with E-state index in [4.69, 9.17) is 9.72 Å². The van der Waals surface area contributed by atoms with Crippen molar-refractivity contribution >= 4 is 55.3 Å². The van der Waals surface area contributed by atoms with E-state index in [0.717, 1.165) is 34.5 Å². The Kier molecular flexibility index (Phi) is 9.74. The van der Waals surface area contributed by atoms with Crippen LogP contribution in [0.1, 0.15) is 74.0 Å². The van der Waals surface area contributed by atoms with Crippen LogP contribution < -0.4 is 20.1 Å². The molecule has 8 rings (SSSR count). The maximum absolute atomic E-state index is 14.6. The second-order valence-electron chi connectivity index (χ2n) is 15.0. The number of nitrogens with one attached hydrogen (secondary N) is 3. The molecule has 4 aliphatic rings. The van der Waals surface area contributed by atoms with Gasteiger partial charge in [0.05, 0.1) is 29.2 Å². The van der Waals surface area contributed by atoms with Gasteiger partial charge in [-0.15, -0.1) is 0 Å².